The predicted molar refractivity (Wildman–Crippen MR) is 43.8 cm³/mol. The number of aromatic nitrogens is 2. The SMILES string of the molecule is Cc1nnc(NC(C)C(C)O)o1. The van der Waals surface area contributed by atoms with E-state index in [1.54, 1.807) is 13.8 Å². The third kappa shape index (κ3) is 2.20. The fraction of sp³-hybridized carbons (Fsp3) is 0.714. The molecule has 0 fully saturated rings. The lowest BCUT2D eigenvalue weighted by Gasteiger charge is -2.13. The molecule has 0 bridgehead atoms. The monoisotopic (exact) mass is 171 g/mol. The molecule has 1 rings (SSSR count). The molecular formula is C7H13N3O2. The van der Waals surface area contributed by atoms with Crippen LogP contribution in [0.1, 0.15) is 19.7 Å². The lowest BCUT2D eigenvalue weighted by Crippen LogP contribution is -2.27. The topological polar surface area (TPSA) is 71.2 Å². The predicted octanol–water partition coefficient (Wildman–Crippen LogP) is 0.559. The molecule has 1 aromatic heterocycles. The number of anilines is 1. The Morgan fingerprint density at radius 3 is 2.50 bits per heavy atom. The molecule has 68 valence electrons. The summed E-state index contributed by atoms with van der Waals surface area (Å²) in [6.45, 7) is 5.25. The van der Waals surface area contributed by atoms with Crippen molar-refractivity contribution in [3.63, 3.8) is 0 Å². The number of aliphatic hydroxyl groups is 1. The van der Waals surface area contributed by atoms with Crippen molar-refractivity contribution in [3.8, 4) is 0 Å². The summed E-state index contributed by atoms with van der Waals surface area (Å²) in [7, 11) is 0. The van der Waals surface area contributed by atoms with Crippen LogP contribution in [0.15, 0.2) is 4.42 Å². The van der Waals surface area contributed by atoms with Gasteiger partial charge in [0.05, 0.1) is 12.1 Å². The summed E-state index contributed by atoms with van der Waals surface area (Å²) in [4.78, 5) is 0. The van der Waals surface area contributed by atoms with Gasteiger partial charge in [0, 0.05) is 6.92 Å². The lowest BCUT2D eigenvalue weighted by molar-refractivity contribution is 0.176. The molecule has 0 aliphatic carbocycles. The molecule has 0 radical (unpaired) electrons. The molecule has 5 heteroatoms. The van der Waals surface area contributed by atoms with Gasteiger partial charge < -0.3 is 14.8 Å². The highest BCUT2D eigenvalue weighted by Gasteiger charge is 2.11. The van der Waals surface area contributed by atoms with Crippen LogP contribution in [0, 0.1) is 6.92 Å². The quantitative estimate of drug-likeness (QED) is 0.695. The smallest absolute Gasteiger partial charge is 0.315 e. The van der Waals surface area contributed by atoms with Crippen LogP contribution >= 0.6 is 0 Å². The number of aryl methyl sites for hydroxylation is 1. The first-order valence-electron chi connectivity index (χ1n) is 3.84. The fourth-order valence-corrected chi connectivity index (χ4v) is 0.670. The number of hydrogen-bond acceptors (Lipinski definition) is 5. The summed E-state index contributed by atoms with van der Waals surface area (Å²) in [6.07, 6.45) is -0.447. The molecule has 0 saturated carbocycles. The summed E-state index contributed by atoms with van der Waals surface area (Å²) < 4.78 is 5.06. The zero-order valence-corrected chi connectivity index (χ0v) is 7.40. The fourth-order valence-electron chi connectivity index (χ4n) is 0.670. The van der Waals surface area contributed by atoms with E-state index in [0.717, 1.165) is 0 Å². The van der Waals surface area contributed by atoms with Crippen LogP contribution in [0.3, 0.4) is 0 Å². The first-order chi connectivity index (χ1) is 5.59. The second kappa shape index (κ2) is 3.53. The Bertz CT molecular complexity index is 247. The summed E-state index contributed by atoms with van der Waals surface area (Å²) in [5.41, 5.74) is 0. The van der Waals surface area contributed by atoms with E-state index in [4.69, 9.17) is 9.52 Å². The van der Waals surface area contributed by atoms with Gasteiger partial charge in [0.1, 0.15) is 0 Å². The maximum atomic E-state index is 9.14. The van der Waals surface area contributed by atoms with E-state index in [1.807, 2.05) is 6.92 Å². The summed E-state index contributed by atoms with van der Waals surface area (Å²) in [6, 6.07) is 0.255. The molecular weight excluding hydrogens is 158 g/mol. The Balaban J connectivity index is 2.52. The van der Waals surface area contributed by atoms with Crippen molar-refractivity contribution in [1.82, 2.24) is 10.2 Å². The first-order valence-corrected chi connectivity index (χ1v) is 3.84. The number of hydrogen-bond donors (Lipinski definition) is 2. The second-order valence-corrected chi connectivity index (χ2v) is 2.80. The molecule has 2 atom stereocenters. The average molecular weight is 171 g/mol. The average Bonchev–Trinajstić information content (AvgIpc) is 2.35. The minimum atomic E-state index is -0.447. The van der Waals surface area contributed by atoms with Crippen LogP contribution in [0.4, 0.5) is 6.01 Å². The molecule has 0 aromatic carbocycles. The molecule has 0 amide bonds. The van der Waals surface area contributed by atoms with Gasteiger partial charge in [-0.05, 0) is 13.8 Å². The zero-order chi connectivity index (χ0) is 9.14. The Morgan fingerprint density at radius 1 is 1.42 bits per heavy atom. The minimum Gasteiger partial charge on any atom is -0.408 e. The molecule has 2 N–H and O–H groups in total. The lowest BCUT2D eigenvalue weighted by atomic mass is 10.2. The normalized spacial score (nSPS) is 15.7. The molecule has 2 unspecified atom stereocenters. The number of aliphatic hydroxyl groups excluding tert-OH is 1. The van der Waals surface area contributed by atoms with E-state index in [-0.39, 0.29) is 6.04 Å². The third-order valence-corrected chi connectivity index (χ3v) is 1.60. The molecule has 0 aliphatic heterocycles. The van der Waals surface area contributed by atoms with E-state index in [2.05, 4.69) is 15.5 Å². The van der Waals surface area contributed by atoms with Gasteiger partial charge >= 0.3 is 6.01 Å². The molecule has 0 saturated heterocycles. The summed E-state index contributed by atoms with van der Waals surface area (Å²) in [5, 5.41) is 19.4. The number of nitrogens with zero attached hydrogens (tertiary/aromatic N) is 2. The van der Waals surface area contributed by atoms with Gasteiger partial charge in [-0.2, -0.15) is 0 Å². The van der Waals surface area contributed by atoms with Gasteiger partial charge in [0.2, 0.25) is 5.89 Å². The van der Waals surface area contributed by atoms with E-state index < -0.39 is 6.10 Å². The van der Waals surface area contributed by atoms with Crippen molar-refractivity contribution in [2.24, 2.45) is 0 Å². The minimum absolute atomic E-state index is 0.0927. The van der Waals surface area contributed by atoms with Gasteiger partial charge in [-0.15, -0.1) is 5.10 Å². The van der Waals surface area contributed by atoms with Gasteiger partial charge in [-0.25, -0.2) is 0 Å². The Kier molecular flexibility index (Phi) is 2.65. The molecule has 5 nitrogen and oxygen atoms in total. The Hall–Kier alpha value is -1.10. The van der Waals surface area contributed by atoms with Crippen LogP contribution in [-0.4, -0.2) is 27.4 Å². The van der Waals surface area contributed by atoms with Gasteiger partial charge in [-0.3, -0.25) is 0 Å². The highest BCUT2D eigenvalue weighted by molar-refractivity contribution is 5.19. The van der Waals surface area contributed by atoms with E-state index >= 15 is 0 Å². The van der Waals surface area contributed by atoms with Crippen LogP contribution < -0.4 is 5.32 Å². The number of nitrogens with one attached hydrogen (secondary N) is 1. The molecule has 0 aliphatic rings. The highest BCUT2D eigenvalue weighted by atomic mass is 16.4. The van der Waals surface area contributed by atoms with E-state index in [9.17, 15) is 0 Å². The van der Waals surface area contributed by atoms with Crippen LogP contribution in [0.25, 0.3) is 0 Å². The maximum absolute atomic E-state index is 9.14. The number of rotatable bonds is 3. The third-order valence-electron chi connectivity index (χ3n) is 1.60. The first kappa shape index (κ1) is 8.99. The second-order valence-electron chi connectivity index (χ2n) is 2.80. The van der Waals surface area contributed by atoms with Crippen LogP contribution in [-0.2, 0) is 0 Å². The van der Waals surface area contributed by atoms with Crippen molar-refractivity contribution in [2.75, 3.05) is 5.32 Å². The largest absolute Gasteiger partial charge is 0.408 e. The highest BCUT2D eigenvalue weighted by Crippen LogP contribution is 2.06. The molecule has 12 heavy (non-hydrogen) atoms. The maximum Gasteiger partial charge on any atom is 0.315 e. The van der Waals surface area contributed by atoms with E-state index in [1.165, 1.54) is 0 Å². The van der Waals surface area contributed by atoms with E-state index in [0.29, 0.717) is 11.9 Å². The van der Waals surface area contributed by atoms with Gasteiger partial charge in [-0.1, -0.05) is 5.10 Å². The molecule has 1 aromatic rings. The van der Waals surface area contributed by atoms with Crippen molar-refractivity contribution in [1.29, 1.82) is 0 Å². The summed E-state index contributed by atoms with van der Waals surface area (Å²) in [5.74, 6) is 0.510. The van der Waals surface area contributed by atoms with Crippen molar-refractivity contribution < 1.29 is 9.52 Å². The summed E-state index contributed by atoms with van der Waals surface area (Å²) >= 11 is 0. The van der Waals surface area contributed by atoms with Crippen LogP contribution in [0.5, 0.6) is 0 Å². The Labute approximate surface area is 70.8 Å². The van der Waals surface area contributed by atoms with Crippen LogP contribution in [0.2, 0.25) is 0 Å². The van der Waals surface area contributed by atoms with Gasteiger partial charge in [0.15, 0.2) is 0 Å². The van der Waals surface area contributed by atoms with Crippen molar-refractivity contribution >= 4 is 6.01 Å². The van der Waals surface area contributed by atoms with Crippen molar-refractivity contribution in [2.45, 2.75) is 32.9 Å². The Morgan fingerprint density at radius 2 is 2.08 bits per heavy atom. The van der Waals surface area contributed by atoms with Crippen molar-refractivity contribution in [3.05, 3.63) is 5.89 Å². The molecule has 0 spiro atoms. The standard InChI is InChI=1S/C7H13N3O2/c1-4(5(2)11)8-7-10-9-6(3)12-7/h4-5,11H,1-3H3,(H,8,10). The molecule has 1 heterocycles. The van der Waals surface area contributed by atoms with Gasteiger partial charge in [0.25, 0.3) is 0 Å². The zero-order valence-electron chi connectivity index (χ0n) is 7.40.